The molecule has 0 radical (unpaired) electrons. The number of benzene rings is 2. The van der Waals surface area contributed by atoms with Crippen LogP contribution in [0.2, 0.25) is 5.02 Å². The Hall–Kier alpha value is -2.22. The monoisotopic (exact) mass is 446 g/mol. The number of aliphatic hydroxyl groups is 1. The standard InChI is InChI=1S/C22H24ClFN4OS/c1-14(19-13-17(24)6-7-20(19)28-10-8-18(29)9-11-28)25-22-27-26-21(30-22)12-15-2-4-16(23)5-3-15/h2-7,13-14,18,29H,8-12H2,1H3,(H,25,27). The predicted molar refractivity (Wildman–Crippen MR) is 120 cm³/mol. The molecule has 5 nitrogen and oxygen atoms in total. The van der Waals surface area contributed by atoms with Gasteiger partial charge in [0.1, 0.15) is 10.8 Å². The van der Waals surface area contributed by atoms with Gasteiger partial charge in [-0.05, 0) is 55.7 Å². The van der Waals surface area contributed by atoms with Gasteiger partial charge in [-0.3, -0.25) is 0 Å². The van der Waals surface area contributed by atoms with Gasteiger partial charge in [-0.25, -0.2) is 4.39 Å². The lowest BCUT2D eigenvalue weighted by Gasteiger charge is -2.34. The van der Waals surface area contributed by atoms with E-state index in [0.29, 0.717) is 16.6 Å². The second kappa shape index (κ2) is 9.29. The molecule has 1 aliphatic rings. The van der Waals surface area contributed by atoms with Crippen molar-refractivity contribution in [3.63, 3.8) is 0 Å². The third-order valence-electron chi connectivity index (χ3n) is 5.34. The normalized spacial score (nSPS) is 15.9. The summed E-state index contributed by atoms with van der Waals surface area (Å²) in [6.07, 6.45) is 1.89. The molecule has 2 heterocycles. The molecule has 0 bridgehead atoms. The number of nitrogens with one attached hydrogen (secondary N) is 1. The van der Waals surface area contributed by atoms with Gasteiger partial charge in [0.05, 0.1) is 12.1 Å². The van der Waals surface area contributed by atoms with Gasteiger partial charge in [-0.15, -0.1) is 10.2 Å². The summed E-state index contributed by atoms with van der Waals surface area (Å²) in [4.78, 5) is 2.21. The highest BCUT2D eigenvalue weighted by atomic mass is 35.5. The third kappa shape index (κ3) is 5.09. The molecule has 0 saturated carbocycles. The van der Waals surface area contributed by atoms with Gasteiger partial charge in [0.25, 0.3) is 0 Å². The molecular formula is C22H24ClFN4OS. The molecule has 4 rings (SSSR count). The van der Waals surface area contributed by atoms with Gasteiger partial charge < -0.3 is 15.3 Å². The van der Waals surface area contributed by atoms with Crippen LogP contribution < -0.4 is 10.2 Å². The summed E-state index contributed by atoms with van der Waals surface area (Å²) in [6, 6.07) is 12.4. The lowest BCUT2D eigenvalue weighted by molar-refractivity contribution is 0.145. The summed E-state index contributed by atoms with van der Waals surface area (Å²) in [7, 11) is 0. The van der Waals surface area contributed by atoms with Crippen molar-refractivity contribution in [2.24, 2.45) is 0 Å². The largest absolute Gasteiger partial charge is 0.393 e. The first-order chi connectivity index (χ1) is 14.5. The van der Waals surface area contributed by atoms with Crippen molar-refractivity contribution in [1.29, 1.82) is 0 Å². The van der Waals surface area contributed by atoms with Gasteiger partial charge in [0.15, 0.2) is 0 Å². The van der Waals surface area contributed by atoms with E-state index in [4.69, 9.17) is 11.6 Å². The number of nitrogens with zero attached hydrogens (tertiary/aromatic N) is 3. The van der Waals surface area contributed by atoms with Crippen LogP contribution in [0.4, 0.5) is 15.2 Å². The molecule has 0 amide bonds. The number of hydrogen-bond acceptors (Lipinski definition) is 6. The van der Waals surface area contributed by atoms with Gasteiger partial charge in [-0.2, -0.15) is 0 Å². The topological polar surface area (TPSA) is 61.3 Å². The maximum Gasteiger partial charge on any atom is 0.206 e. The highest BCUT2D eigenvalue weighted by molar-refractivity contribution is 7.15. The third-order valence-corrected chi connectivity index (χ3v) is 6.44. The van der Waals surface area contributed by atoms with E-state index >= 15 is 0 Å². The molecule has 0 spiro atoms. The number of piperidine rings is 1. The average molecular weight is 447 g/mol. The van der Waals surface area contributed by atoms with Crippen LogP contribution in [0.3, 0.4) is 0 Å². The summed E-state index contributed by atoms with van der Waals surface area (Å²) in [5.41, 5.74) is 2.99. The van der Waals surface area contributed by atoms with E-state index in [-0.39, 0.29) is 18.0 Å². The maximum absolute atomic E-state index is 14.0. The smallest absolute Gasteiger partial charge is 0.206 e. The lowest BCUT2D eigenvalue weighted by Crippen LogP contribution is -2.36. The Labute approximate surface area is 184 Å². The zero-order chi connectivity index (χ0) is 21.1. The first kappa shape index (κ1) is 21.0. The Bertz CT molecular complexity index is 989. The highest BCUT2D eigenvalue weighted by Gasteiger charge is 2.22. The van der Waals surface area contributed by atoms with E-state index in [0.717, 1.165) is 47.8 Å². The van der Waals surface area contributed by atoms with Crippen molar-refractivity contribution in [2.45, 2.75) is 38.3 Å². The van der Waals surface area contributed by atoms with Crippen LogP contribution in [0.5, 0.6) is 0 Å². The molecule has 2 aromatic carbocycles. The second-order valence-corrected chi connectivity index (χ2v) is 9.09. The van der Waals surface area contributed by atoms with E-state index in [1.54, 1.807) is 6.07 Å². The summed E-state index contributed by atoms with van der Waals surface area (Å²) < 4.78 is 14.0. The molecule has 158 valence electrons. The van der Waals surface area contributed by atoms with Crippen LogP contribution in [0.1, 0.15) is 41.9 Å². The van der Waals surface area contributed by atoms with Crippen molar-refractivity contribution < 1.29 is 9.50 Å². The summed E-state index contributed by atoms with van der Waals surface area (Å²) in [5.74, 6) is -0.264. The van der Waals surface area contributed by atoms with Crippen LogP contribution >= 0.6 is 22.9 Å². The van der Waals surface area contributed by atoms with Crippen LogP contribution in [-0.4, -0.2) is 34.5 Å². The number of rotatable bonds is 6. The summed E-state index contributed by atoms with van der Waals surface area (Å²) in [5, 5.41) is 24.0. The minimum Gasteiger partial charge on any atom is -0.393 e. The van der Waals surface area contributed by atoms with E-state index in [2.05, 4.69) is 20.4 Å². The Kier molecular flexibility index (Phi) is 6.51. The quantitative estimate of drug-likeness (QED) is 0.554. The molecule has 8 heteroatoms. The van der Waals surface area contributed by atoms with Crippen molar-refractivity contribution in [3.8, 4) is 0 Å². The fourth-order valence-corrected chi connectivity index (χ4v) is 4.68. The van der Waals surface area contributed by atoms with Crippen LogP contribution in [0.15, 0.2) is 42.5 Å². The predicted octanol–water partition coefficient (Wildman–Crippen LogP) is 5.06. The van der Waals surface area contributed by atoms with Gasteiger partial charge >= 0.3 is 0 Å². The van der Waals surface area contributed by atoms with E-state index in [1.165, 1.54) is 17.4 Å². The molecule has 2 N–H and O–H groups in total. The van der Waals surface area contributed by atoms with Gasteiger partial charge in [-0.1, -0.05) is 35.1 Å². The molecule has 1 aliphatic heterocycles. The number of aliphatic hydroxyl groups excluding tert-OH is 1. The summed E-state index contributed by atoms with van der Waals surface area (Å²) in [6.45, 7) is 3.52. The first-order valence-corrected chi connectivity index (χ1v) is 11.2. The molecular weight excluding hydrogens is 423 g/mol. The van der Waals surface area contributed by atoms with Crippen LogP contribution in [0, 0.1) is 5.82 Å². The van der Waals surface area contributed by atoms with Crippen molar-refractivity contribution in [3.05, 3.63) is 69.4 Å². The molecule has 1 aromatic heterocycles. The Morgan fingerprint density at radius 3 is 2.67 bits per heavy atom. The Balaban J connectivity index is 1.47. The number of halogens is 2. The number of aromatic nitrogens is 2. The Morgan fingerprint density at radius 1 is 1.20 bits per heavy atom. The molecule has 1 saturated heterocycles. The summed E-state index contributed by atoms with van der Waals surface area (Å²) >= 11 is 7.44. The average Bonchev–Trinajstić information content (AvgIpc) is 3.17. The SMILES string of the molecule is CC(Nc1nnc(Cc2ccc(Cl)cc2)s1)c1cc(F)ccc1N1CCC(O)CC1. The number of anilines is 2. The van der Waals surface area contributed by atoms with Crippen molar-refractivity contribution in [1.82, 2.24) is 10.2 Å². The second-order valence-electron chi connectivity index (χ2n) is 7.59. The van der Waals surface area contributed by atoms with Gasteiger partial charge in [0, 0.05) is 35.8 Å². The van der Waals surface area contributed by atoms with Crippen LogP contribution in [-0.2, 0) is 6.42 Å². The zero-order valence-electron chi connectivity index (χ0n) is 16.7. The van der Waals surface area contributed by atoms with E-state index < -0.39 is 0 Å². The van der Waals surface area contributed by atoms with E-state index in [9.17, 15) is 9.50 Å². The molecule has 3 aromatic rings. The molecule has 1 atom stereocenters. The fraction of sp³-hybridized carbons (Fsp3) is 0.364. The fourth-order valence-electron chi connectivity index (χ4n) is 3.69. The minimum absolute atomic E-state index is 0.140. The number of hydrogen-bond donors (Lipinski definition) is 2. The van der Waals surface area contributed by atoms with Gasteiger partial charge in [0.2, 0.25) is 5.13 Å². The van der Waals surface area contributed by atoms with E-state index in [1.807, 2.05) is 37.3 Å². The first-order valence-electron chi connectivity index (χ1n) is 10.0. The molecule has 1 fully saturated rings. The van der Waals surface area contributed by atoms with Crippen molar-refractivity contribution in [2.75, 3.05) is 23.3 Å². The molecule has 0 aliphatic carbocycles. The minimum atomic E-state index is -0.264. The highest BCUT2D eigenvalue weighted by Crippen LogP contribution is 2.32. The Morgan fingerprint density at radius 2 is 1.93 bits per heavy atom. The molecule has 30 heavy (non-hydrogen) atoms. The lowest BCUT2D eigenvalue weighted by atomic mass is 10.0. The zero-order valence-corrected chi connectivity index (χ0v) is 18.3. The maximum atomic E-state index is 14.0. The van der Waals surface area contributed by atoms with Crippen molar-refractivity contribution >= 4 is 33.8 Å². The molecule has 1 unspecified atom stereocenters. The van der Waals surface area contributed by atoms with Crippen LogP contribution in [0.25, 0.3) is 0 Å².